The molecule has 0 spiro atoms. The van der Waals surface area contributed by atoms with Gasteiger partial charge in [0.2, 0.25) is 0 Å². The number of piperidine rings is 1. The number of nitrogens with zero attached hydrogens (tertiary/aromatic N) is 1. The quantitative estimate of drug-likeness (QED) is 0.885. The van der Waals surface area contributed by atoms with E-state index in [-0.39, 0.29) is 0 Å². The molecule has 2 atom stereocenters. The third-order valence-electron chi connectivity index (χ3n) is 4.38. The molecule has 2 aromatic carbocycles. The summed E-state index contributed by atoms with van der Waals surface area (Å²) in [7, 11) is 2.08. The summed E-state index contributed by atoms with van der Waals surface area (Å²) >= 11 is 0. The third-order valence-corrected chi connectivity index (χ3v) is 4.38. The molecule has 0 bridgehead atoms. The summed E-state index contributed by atoms with van der Waals surface area (Å²) in [5.41, 5.74) is 1.39. The Morgan fingerprint density at radius 2 is 1.89 bits per heavy atom. The second-order valence-electron chi connectivity index (χ2n) is 5.61. The zero-order valence-corrected chi connectivity index (χ0v) is 11.8. The average Bonchev–Trinajstić information content (AvgIpc) is 2.46. The highest BCUT2D eigenvalue weighted by atomic mass is 15.2. The van der Waals surface area contributed by atoms with Crippen LogP contribution in [0.25, 0.3) is 10.8 Å². The largest absolute Gasteiger partial charge is 0.371 e. The van der Waals surface area contributed by atoms with Crippen LogP contribution in [0.1, 0.15) is 13.3 Å². The standard InChI is InChI=1S/C17H22N2/c1-13-12-19(11-10-16(13)18-2)17-9-5-7-14-6-3-4-8-15(14)17/h3-9,13,16,18H,10-12H2,1-2H3. The van der Waals surface area contributed by atoms with Crippen LogP contribution in [0.2, 0.25) is 0 Å². The van der Waals surface area contributed by atoms with Gasteiger partial charge in [-0.1, -0.05) is 43.3 Å². The van der Waals surface area contributed by atoms with E-state index in [1.165, 1.54) is 22.9 Å². The molecular weight excluding hydrogens is 232 g/mol. The molecule has 0 aliphatic carbocycles. The first-order valence-corrected chi connectivity index (χ1v) is 7.19. The molecule has 0 aromatic heterocycles. The van der Waals surface area contributed by atoms with Gasteiger partial charge in [-0.25, -0.2) is 0 Å². The lowest BCUT2D eigenvalue weighted by molar-refractivity contribution is 0.339. The smallest absolute Gasteiger partial charge is 0.0446 e. The van der Waals surface area contributed by atoms with E-state index in [4.69, 9.17) is 0 Å². The molecule has 1 aliphatic heterocycles. The van der Waals surface area contributed by atoms with Crippen LogP contribution in [0.15, 0.2) is 42.5 Å². The summed E-state index contributed by atoms with van der Waals surface area (Å²) in [6.07, 6.45) is 1.22. The molecule has 3 rings (SSSR count). The molecule has 1 heterocycles. The lowest BCUT2D eigenvalue weighted by Gasteiger charge is -2.38. The van der Waals surface area contributed by atoms with Crippen LogP contribution < -0.4 is 10.2 Å². The first-order chi connectivity index (χ1) is 9.29. The lowest BCUT2D eigenvalue weighted by Crippen LogP contribution is -2.47. The maximum Gasteiger partial charge on any atom is 0.0446 e. The van der Waals surface area contributed by atoms with Crippen molar-refractivity contribution in [3.63, 3.8) is 0 Å². The normalized spacial score (nSPS) is 23.8. The van der Waals surface area contributed by atoms with Gasteiger partial charge in [0.15, 0.2) is 0 Å². The lowest BCUT2D eigenvalue weighted by atomic mass is 9.93. The molecular formula is C17H22N2. The number of benzene rings is 2. The van der Waals surface area contributed by atoms with Crippen molar-refractivity contribution in [2.45, 2.75) is 19.4 Å². The van der Waals surface area contributed by atoms with Gasteiger partial charge in [-0.3, -0.25) is 0 Å². The van der Waals surface area contributed by atoms with Crippen molar-refractivity contribution < 1.29 is 0 Å². The van der Waals surface area contributed by atoms with E-state index in [0.29, 0.717) is 12.0 Å². The van der Waals surface area contributed by atoms with E-state index >= 15 is 0 Å². The molecule has 2 unspecified atom stereocenters. The summed E-state index contributed by atoms with van der Waals surface area (Å²) in [5, 5.41) is 6.15. The van der Waals surface area contributed by atoms with Gasteiger partial charge in [0.25, 0.3) is 0 Å². The molecule has 1 N–H and O–H groups in total. The van der Waals surface area contributed by atoms with E-state index in [1.54, 1.807) is 0 Å². The van der Waals surface area contributed by atoms with Crippen LogP contribution in [-0.4, -0.2) is 26.2 Å². The molecule has 19 heavy (non-hydrogen) atoms. The number of hydrogen-bond acceptors (Lipinski definition) is 2. The molecule has 2 nitrogen and oxygen atoms in total. The van der Waals surface area contributed by atoms with Crippen molar-refractivity contribution in [3.8, 4) is 0 Å². The first kappa shape index (κ1) is 12.5. The van der Waals surface area contributed by atoms with Gasteiger partial charge in [-0.05, 0) is 30.8 Å². The van der Waals surface area contributed by atoms with E-state index in [1.807, 2.05) is 0 Å². The Balaban J connectivity index is 1.93. The maximum absolute atomic E-state index is 3.44. The minimum absolute atomic E-state index is 0.659. The van der Waals surface area contributed by atoms with Gasteiger partial charge < -0.3 is 10.2 Å². The topological polar surface area (TPSA) is 15.3 Å². The highest BCUT2D eigenvalue weighted by molar-refractivity contribution is 5.94. The van der Waals surface area contributed by atoms with Gasteiger partial charge in [-0.2, -0.15) is 0 Å². The summed E-state index contributed by atoms with van der Waals surface area (Å²) in [6.45, 7) is 4.63. The Kier molecular flexibility index (Phi) is 3.43. The minimum Gasteiger partial charge on any atom is -0.371 e. The number of anilines is 1. The second kappa shape index (κ2) is 5.22. The van der Waals surface area contributed by atoms with Crippen LogP contribution in [0.5, 0.6) is 0 Å². The summed E-state index contributed by atoms with van der Waals surface area (Å²) in [5.74, 6) is 0.692. The average molecular weight is 254 g/mol. The zero-order valence-electron chi connectivity index (χ0n) is 11.8. The predicted molar refractivity (Wildman–Crippen MR) is 82.8 cm³/mol. The summed E-state index contributed by atoms with van der Waals surface area (Å²) in [6, 6.07) is 16.0. The molecule has 0 saturated carbocycles. The fourth-order valence-electron chi connectivity index (χ4n) is 3.28. The predicted octanol–water partition coefficient (Wildman–Crippen LogP) is 3.27. The van der Waals surface area contributed by atoms with Crippen molar-refractivity contribution in [1.82, 2.24) is 5.32 Å². The highest BCUT2D eigenvalue weighted by Crippen LogP contribution is 2.30. The molecule has 0 radical (unpaired) electrons. The third kappa shape index (κ3) is 2.33. The number of rotatable bonds is 2. The van der Waals surface area contributed by atoms with E-state index in [9.17, 15) is 0 Å². The van der Waals surface area contributed by atoms with Crippen LogP contribution >= 0.6 is 0 Å². The van der Waals surface area contributed by atoms with Gasteiger partial charge in [0.05, 0.1) is 0 Å². The molecule has 100 valence electrons. The maximum atomic E-state index is 3.44. The van der Waals surface area contributed by atoms with Crippen molar-refractivity contribution in [2.24, 2.45) is 5.92 Å². The number of fused-ring (bicyclic) bond motifs is 1. The summed E-state index contributed by atoms with van der Waals surface area (Å²) in [4.78, 5) is 2.54. The van der Waals surface area contributed by atoms with Crippen molar-refractivity contribution >= 4 is 16.5 Å². The Morgan fingerprint density at radius 3 is 2.68 bits per heavy atom. The van der Waals surface area contributed by atoms with Gasteiger partial charge in [0.1, 0.15) is 0 Å². The van der Waals surface area contributed by atoms with E-state index < -0.39 is 0 Å². The monoisotopic (exact) mass is 254 g/mol. The fraction of sp³-hybridized carbons (Fsp3) is 0.412. The Labute approximate surface area is 115 Å². The SMILES string of the molecule is CNC1CCN(c2cccc3ccccc23)CC1C. The molecule has 2 aromatic rings. The first-order valence-electron chi connectivity index (χ1n) is 7.19. The Bertz CT molecular complexity index is 559. The van der Waals surface area contributed by atoms with Crippen LogP contribution in [-0.2, 0) is 0 Å². The van der Waals surface area contributed by atoms with E-state index in [0.717, 1.165) is 13.1 Å². The van der Waals surface area contributed by atoms with Crippen molar-refractivity contribution in [3.05, 3.63) is 42.5 Å². The Morgan fingerprint density at radius 1 is 1.11 bits per heavy atom. The molecule has 1 saturated heterocycles. The van der Waals surface area contributed by atoms with Gasteiger partial charge in [0, 0.05) is 30.2 Å². The molecule has 2 heteroatoms. The minimum atomic E-state index is 0.659. The molecule has 0 amide bonds. The second-order valence-corrected chi connectivity index (χ2v) is 5.61. The summed E-state index contributed by atoms with van der Waals surface area (Å²) < 4.78 is 0. The van der Waals surface area contributed by atoms with E-state index in [2.05, 4.69) is 66.7 Å². The van der Waals surface area contributed by atoms with Crippen molar-refractivity contribution in [1.29, 1.82) is 0 Å². The van der Waals surface area contributed by atoms with Crippen LogP contribution in [0, 0.1) is 5.92 Å². The Hall–Kier alpha value is -1.54. The highest BCUT2D eigenvalue weighted by Gasteiger charge is 2.25. The number of nitrogens with one attached hydrogen (secondary N) is 1. The van der Waals surface area contributed by atoms with Crippen LogP contribution in [0.4, 0.5) is 5.69 Å². The molecule has 1 aliphatic rings. The zero-order chi connectivity index (χ0) is 13.2. The van der Waals surface area contributed by atoms with Crippen molar-refractivity contribution in [2.75, 3.05) is 25.0 Å². The van der Waals surface area contributed by atoms with Gasteiger partial charge >= 0.3 is 0 Å². The number of hydrogen-bond donors (Lipinski definition) is 1. The van der Waals surface area contributed by atoms with Gasteiger partial charge in [-0.15, -0.1) is 0 Å². The fourth-order valence-corrected chi connectivity index (χ4v) is 3.28. The molecule has 1 fully saturated rings. The van der Waals surface area contributed by atoms with Crippen LogP contribution in [0.3, 0.4) is 0 Å².